The number of likely N-dealkylation sites (tertiary alicyclic amines) is 1. The maximum Gasteiger partial charge on any atom is 0.311 e. The van der Waals surface area contributed by atoms with Gasteiger partial charge in [0.2, 0.25) is 11.8 Å². The number of aliphatic hydroxyl groups is 1. The van der Waals surface area contributed by atoms with E-state index in [4.69, 9.17) is 4.74 Å². The van der Waals surface area contributed by atoms with Crippen molar-refractivity contribution in [2.75, 3.05) is 32.8 Å². The molecule has 0 saturated carbocycles. The van der Waals surface area contributed by atoms with Crippen molar-refractivity contribution in [2.24, 2.45) is 11.8 Å². The summed E-state index contributed by atoms with van der Waals surface area (Å²) in [5.74, 6) is -1.59. The maximum atomic E-state index is 14.1. The topological polar surface area (TPSA) is 87.1 Å². The summed E-state index contributed by atoms with van der Waals surface area (Å²) in [4.78, 5) is 44.9. The summed E-state index contributed by atoms with van der Waals surface area (Å²) in [5.41, 5.74) is 0. The van der Waals surface area contributed by atoms with Crippen LogP contribution in [-0.4, -0.2) is 81.1 Å². The summed E-state index contributed by atoms with van der Waals surface area (Å²) in [5, 5.41) is 9.31. The van der Waals surface area contributed by atoms with Gasteiger partial charge >= 0.3 is 5.97 Å². The summed E-state index contributed by atoms with van der Waals surface area (Å²) in [6, 6.07) is -0.610. The number of thioether (sulfide) groups is 1. The molecule has 7 nitrogen and oxygen atoms in total. The highest BCUT2D eigenvalue weighted by Gasteiger charge is 2.77. The summed E-state index contributed by atoms with van der Waals surface area (Å²) < 4.78 is 4.61. The standard InChI is InChI=1S/C27H42N2O5S/c1-5-8-12-19-34-25(33)21-20-23(31)29(17-10-11-18-30)22(27(20)14-13-26(21,4)35-27)24(32)28(15-7-3)16-9-6-2/h5,7,20-22,30H,1,3,6,8-19H2,2,4H3/t20-,21-,22?,26+,27?/m0/s1. The zero-order valence-electron chi connectivity index (χ0n) is 21.4. The number of nitrogens with zero attached hydrogens (tertiary/aromatic N) is 2. The van der Waals surface area contributed by atoms with Crippen LogP contribution < -0.4 is 0 Å². The first-order valence-corrected chi connectivity index (χ1v) is 13.9. The van der Waals surface area contributed by atoms with Gasteiger partial charge in [0.05, 0.1) is 23.2 Å². The molecule has 0 radical (unpaired) electrons. The van der Waals surface area contributed by atoms with E-state index in [0.29, 0.717) is 45.5 Å². The number of amides is 2. The van der Waals surface area contributed by atoms with Crippen LogP contribution in [0, 0.1) is 11.8 Å². The van der Waals surface area contributed by atoms with Gasteiger partial charge in [-0.05, 0) is 51.9 Å². The Bertz CT molecular complexity index is 819. The fraction of sp³-hybridized carbons (Fsp3) is 0.741. The van der Waals surface area contributed by atoms with Gasteiger partial charge in [-0.3, -0.25) is 14.4 Å². The van der Waals surface area contributed by atoms with Crippen LogP contribution in [0.1, 0.15) is 65.2 Å². The fourth-order valence-electron chi connectivity index (χ4n) is 6.16. The first-order chi connectivity index (χ1) is 16.8. The monoisotopic (exact) mass is 506 g/mol. The van der Waals surface area contributed by atoms with E-state index in [1.165, 1.54) is 0 Å². The molecular weight excluding hydrogens is 464 g/mol. The minimum atomic E-state index is -0.626. The molecule has 2 amide bonds. The highest BCUT2D eigenvalue weighted by Crippen LogP contribution is 2.71. The van der Waals surface area contributed by atoms with E-state index in [9.17, 15) is 19.5 Å². The molecule has 1 spiro atoms. The predicted molar refractivity (Wildman–Crippen MR) is 139 cm³/mol. The molecule has 8 heteroatoms. The van der Waals surface area contributed by atoms with Gasteiger partial charge in [-0.25, -0.2) is 0 Å². The molecule has 2 bridgehead atoms. The number of hydrogen-bond donors (Lipinski definition) is 1. The van der Waals surface area contributed by atoms with Crippen LogP contribution in [0.5, 0.6) is 0 Å². The van der Waals surface area contributed by atoms with Gasteiger partial charge in [0.25, 0.3) is 0 Å². The molecule has 1 N–H and O–H groups in total. The normalized spacial score (nSPS) is 30.9. The van der Waals surface area contributed by atoms with Crippen molar-refractivity contribution in [2.45, 2.75) is 80.7 Å². The lowest BCUT2D eigenvalue weighted by Gasteiger charge is -2.37. The molecule has 3 saturated heterocycles. The van der Waals surface area contributed by atoms with E-state index in [2.05, 4.69) is 27.0 Å². The number of unbranched alkanes of at least 4 members (excludes halogenated alkanes) is 3. The third-order valence-electron chi connectivity index (χ3n) is 7.81. The molecule has 3 fully saturated rings. The van der Waals surface area contributed by atoms with E-state index in [-0.39, 0.29) is 24.4 Å². The Morgan fingerprint density at radius 3 is 2.66 bits per heavy atom. The van der Waals surface area contributed by atoms with E-state index in [1.807, 2.05) is 4.90 Å². The Labute approximate surface area is 214 Å². The second-order valence-corrected chi connectivity index (χ2v) is 12.1. The summed E-state index contributed by atoms with van der Waals surface area (Å²) in [6.45, 7) is 13.5. The van der Waals surface area contributed by atoms with Crippen molar-refractivity contribution in [3.63, 3.8) is 0 Å². The molecule has 2 unspecified atom stereocenters. The van der Waals surface area contributed by atoms with Gasteiger partial charge in [-0.1, -0.05) is 25.5 Å². The second kappa shape index (κ2) is 12.0. The summed E-state index contributed by atoms with van der Waals surface area (Å²) in [6.07, 6.45) is 9.53. The lowest BCUT2D eigenvalue weighted by Crippen LogP contribution is -2.55. The van der Waals surface area contributed by atoms with Crippen LogP contribution in [0.4, 0.5) is 0 Å². The molecule has 3 rings (SSSR count). The van der Waals surface area contributed by atoms with Crippen molar-refractivity contribution in [1.82, 2.24) is 9.80 Å². The van der Waals surface area contributed by atoms with Crippen molar-refractivity contribution in [3.8, 4) is 0 Å². The Kier molecular flexibility index (Phi) is 9.49. The molecule has 3 heterocycles. The molecule has 196 valence electrons. The SMILES string of the molecule is C=CCCCOC(=O)[C@@H]1[C@H]2C(=O)N(CCCCO)C(C(=O)N(CC=C)CCCC)C23CC[C@@]1(C)S3. The molecule has 35 heavy (non-hydrogen) atoms. The largest absolute Gasteiger partial charge is 0.465 e. The zero-order valence-corrected chi connectivity index (χ0v) is 22.2. The number of hydrogen-bond acceptors (Lipinski definition) is 6. The Balaban J connectivity index is 1.94. The van der Waals surface area contributed by atoms with Crippen LogP contribution in [0.2, 0.25) is 0 Å². The lowest BCUT2D eigenvalue weighted by molar-refractivity contribution is -0.155. The number of carbonyl (C=O) groups is 3. The highest BCUT2D eigenvalue weighted by molar-refractivity contribution is 8.02. The van der Waals surface area contributed by atoms with Crippen molar-refractivity contribution >= 4 is 29.5 Å². The Hall–Kier alpha value is -1.80. The van der Waals surface area contributed by atoms with E-state index in [0.717, 1.165) is 32.1 Å². The Morgan fingerprint density at radius 1 is 1.23 bits per heavy atom. The van der Waals surface area contributed by atoms with Crippen molar-refractivity contribution < 1.29 is 24.2 Å². The number of allylic oxidation sites excluding steroid dienone is 1. The Morgan fingerprint density at radius 2 is 2.00 bits per heavy atom. The fourth-order valence-corrected chi connectivity index (χ4v) is 8.50. The molecule has 0 aromatic carbocycles. The minimum absolute atomic E-state index is 0.0424. The van der Waals surface area contributed by atoms with Gasteiger partial charge in [0, 0.05) is 31.0 Å². The molecule has 0 aliphatic carbocycles. The predicted octanol–water partition coefficient (Wildman–Crippen LogP) is 3.56. The van der Waals surface area contributed by atoms with Crippen LogP contribution in [0.15, 0.2) is 25.3 Å². The number of ether oxygens (including phenoxy) is 1. The van der Waals surface area contributed by atoms with E-state index < -0.39 is 27.4 Å². The molecule has 5 atom stereocenters. The number of rotatable bonds is 15. The van der Waals surface area contributed by atoms with Gasteiger partial charge < -0.3 is 19.6 Å². The van der Waals surface area contributed by atoms with Crippen molar-refractivity contribution in [3.05, 3.63) is 25.3 Å². The van der Waals surface area contributed by atoms with Gasteiger partial charge in [0.1, 0.15) is 6.04 Å². The van der Waals surface area contributed by atoms with Gasteiger partial charge in [0.15, 0.2) is 0 Å². The molecule has 3 aliphatic heterocycles. The van der Waals surface area contributed by atoms with Crippen LogP contribution in [0.25, 0.3) is 0 Å². The molecule has 0 aromatic heterocycles. The number of fused-ring (bicyclic) bond motifs is 1. The van der Waals surface area contributed by atoms with Crippen molar-refractivity contribution in [1.29, 1.82) is 0 Å². The first kappa shape index (κ1) is 27.8. The first-order valence-electron chi connectivity index (χ1n) is 13.1. The third-order valence-corrected chi connectivity index (χ3v) is 9.80. The van der Waals surface area contributed by atoms with Gasteiger partial charge in [-0.15, -0.1) is 24.9 Å². The quantitative estimate of drug-likeness (QED) is 0.208. The highest BCUT2D eigenvalue weighted by atomic mass is 32.2. The van der Waals surface area contributed by atoms with Gasteiger partial charge in [-0.2, -0.15) is 0 Å². The lowest BCUT2D eigenvalue weighted by atomic mass is 9.66. The van der Waals surface area contributed by atoms with Crippen LogP contribution in [0.3, 0.4) is 0 Å². The van der Waals surface area contributed by atoms with Crippen LogP contribution >= 0.6 is 11.8 Å². The molecular formula is C27H42N2O5S. The van der Waals surface area contributed by atoms with Crippen LogP contribution in [-0.2, 0) is 19.1 Å². The maximum absolute atomic E-state index is 14.1. The minimum Gasteiger partial charge on any atom is -0.465 e. The second-order valence-electron chi connectivity index (χ2n) is 10.2. The summed E-state index contributed by atoms with van der Waals surface area (Å²) in [7, 11) is 0. The molecule has 3 aliphatic rings. The van der Waals surface area contributed by atoms with E-state index in [1.54, 1.807) is 28.8 Å². The number of aliphatic hydroxyl groups excluding tert-OH is 1. The summed E-state index contributed by atoms with van der Waals surface area (Å²) >= 11 is 1.67. The smallest absolute Gasteiger partial charge is 0.311 e. The van der Waals surface area contributed by atoms with E-state index >= 15 is 0 Å². The molecule has 0 aromatic rings. The average Bonchev–Trinajstić information content (AvgIpc) is 3.40. The third kappa shape index (κ3) is 5.19. The number of esters is 1. The number of carbonyl (C=O) groups excluding carboxylic acids is 3. The average molecular weight is 507 g/mol. The zero-order chi connectivity index (χ0) is 25.6.